The molecule has 7 heteroatoms. The van der Waals surface area contributed by atoms with E-state index < -0.39 is 5.54 Å². The lowest BCUT2D eigenvalue weighted by Gasteiger charge is -2.40. The number of nitrogens with zero attached hydrogens (tertiary/aromatic N) is 2. The molecule has 0 aromatic carbocycles. The van der Waals surface area contributed by atoms with Crippen molar-refractivity contribution in [3.63, 3.8) is 0 Å². The van der Waals surface area contributed by atoms with E-state index in [0.717, 1.165) is 12.4 Å². The average Bonchev–Trinajstić information content (AvgIpc) is 2.40. The smallest absolute Gasteiger partial charge is 0.246 e. The predicted molar refractivity (Wildman–Crippen MR) is 81.0 cm³/mol. The number of nitrogens with one attached hydrogen (secondary N) is 2. The van der Waals surface area contributed by atoms with Crippen LogP contribution >= 0.6 is 11.6 Å². The SMILES string of the molecule is CCNc1ccc(Cl)c(CN2CC(=O)NC(=O)C2(C)C)n1. The molecular weight excluding hydrogens is 292 g/mol. The van der Waals surface area contributed by atoms with Crippen molar-refractivity contribution in [2.24, 2.45) is 0 Å². The summed E-state index contributed by atoms with van der Waals surface area (Å²) in [6.07, 6.45) is 0. The second-order valence-electron chi connectivity index (χ2n) is 5.45. The Hall–Kier alpha value is -1.66. The number of carbonyl (C=O) groups is 2. The van der Waals surface area contributed by atoms with Crippen LogP contribution in [0.3, 0.4) is 0 Å². The molecule has 0 aliphatic carbocycles. The predicted octanol–water partition coefficient (Wildman–Crippen LogP) is 1.40. The van der Waals surface area contributed by atoms with Crippen LogP contribution in [0.25, 0.3) is 0 Å². The molecule has 0 bridgehead atoms. The summed E-state index contributed by atoms with van der Waals surface area (Å²) in [5.41, 5.74) is -0.140. The van der Waals surface area contributed by atoms with Gasteiger partial charge in [-0.1, -0.05) is 11.6 Å². The van der Waals surface area contributed by atoms with Crippen molar-refractivity contribution in [2.45, 2.75) is 32.9 Å². The number of rotatable bonds is 4. The summed E-state index contributed by atoms with van der Waals surface area (Å²) < 4.78 is 0. The Morgan fingerprint density at radius 2 is 2.14 bits per heavy atom. The van der Waals surface area contributed by atoms with E-state index in [-0.39, 0.29) is 18.4 Å². The quantitative estimate of drug-likeness (QED) is 0.822. The molecule has 2 N–H and O–H groups in total. The van der Waals surface area contributed by atoms with Gasteiger partial charge in [-0.3, -0.25) is 19.8 Å². The van der Waals surface area contributed by atoms with Gasteiger partial charge in [-0.25, -0.2) is 4.98 Å². The summed E-state index contributed by atoms with van der Waals surface area (Å²) in [7, 11) is 0. The molecule has 1 aliphatic rings. The van der Waals surface area contributed by atoms with Gasteiger partial charge in [0.15, 0.2) is 0 Å². The van der Waals surface area contributed by atoms with Crippen molar-refractivity contribution >= 4 is 29.2 Å². The van der Waals surface area contributed by atoms with E-state index >= 15 is 0 Å². The van der Waals surface area contributed by atoms with Crippen LogP contribution in [-0.2, 0) is 16.1 Å². The van der Waals surface area contributed by atoms with Crippen molar-refractivity contribution in [3.05, 3.63) is 22.8 Å². The van der Waals surface area contributed by atoms with Crippen molar-refractivity contribution in [2.75, 3.05) is 18.4 Å². The van der Waals surface area contributed by atoms with Gasteiger partial charge >= 0.3 is 0 Å². The molecule has 1 fully saturated rings. The highest BCUT2D eigenvalue weighted by molar-refractivity contribution is 6.31. The molecule has 0 unspecified atom stereocenters. The maximum atomic E-state index is 11.9. The Kier molecular flexibility index (Phi) is 4.49. The zero-order chi connectivity index (χ0) is 15.6. The molecule has 0 atom stereocenters. The molecule has 1 saturated heterocycles. The normalized spacial score (nSPS) is 18.5. The first-order valence-corrected chi connectivity index (χ1v) is 7.21. The molecule has 114 valence electrons. The molecule has 1 aromatic rings. The molecule has 0 spiro atoms. The minimum absolute atomic E-state index is 0.141. The van der Waals surface area contributed by atoms with E-state index in [1.165, 1.54) is 0 Å². The van der Waals surface area contributed by atoms with Gasteiger partial charge in [0.1, 0.15) is 5.82 Å². The van der Waals surface area contributed by atoms with Crippen molar-refractivity contribution in [1.29, 1.82) is 0 Å². The zero-order valence-corrected chi connectivity index (χ0v) is 13.1. The molecule has 2 rings (SSSR count). The number of pyridine rings is 1. The molecule has 2 heterocycles. The number of carbonyl (C=O) groups excluding carboxylic acids is 2. The third-order valence-electron chi connectivity index (χ3n) is 3.55. The molecule has 1 aromatic heterocycles. The lowest BCUT2D eigenvalue weighted by molar-refractivity contribution is -0.145. The monoisotopic (exact) mass is 310 g/mol. The third-order valence-corrected chi connectivity index (χ3v) is 3.89. The van der Waals surface area contributed by atoms with Gasteiger partial charge in [-0.2, -0.15) is 0 Å². The molecule has 0 radical (unpaired) electrons. The van der Waals surface area contributed by atoms with Gasteiger partial charge in [0.25, 0.3) is 0 Å². The maximum absolute atomic E-state index is 11.9. The standard InChI is InChI=1S/C14H19ClN4O2/c1-4-16-11-6-5-9(15)10(17-11)7-19-8-12(20)18-13(21)14(19,2)3/h5-6H,4,7-8H2,1-3H3,(H,16,17)(H,18,20,21). The summed E-state index contributed by atoms with van der Waals surface area (Å²) in [4.78, 5) is 29.7. The lowest BCUT2D eigenvalue weighted by atomic mass is 9.98. The number of imide groups is 1. The first-order valence-electron chi connectivity index (χ1n) is 6.83. The second-order valence-corrected chi connectivity index (χ2v) is 5.85. The fourth-order valence-electron chi connectivity index (χ4n) is 2.14. The Balaban J connectivity index is 2.25. The maximum Gasteiger partial charge on any atom is 0.246 e. The third kappa shape index (κ3) is 3.33. The van der Waals surface area contributed by atoms with E-state index in [1.807, 2.05) is 6.92 Å². The summed E-state index contributed by atoms with van der Waals surface area (Å²) in [5, 5.41) is 5.98. The Labute approximate surface area is 128 Å². The molecule has 2 amide bonds. The van der Waals surface area contributed by atoms with Crippen molar-refractivity contribution < 1.29 is 9.59 Å². The minimum Gasteiger partial charge on any atom is -0.370 e. The van der Waals surface area contributed by atoms with Crippen LogP contribution in [0.2, 0.25) is 5.02 Å². The van der Waals surface area contributed by atoms with Gasteiger partial charge in [0, 0.05) is 13.1 Å². The molecule has 6 nitrogen and oxygen atoms in total. The Bertz CT molecular complexity index is 574. The van der Waals surface area contributed by atoms with Gasteiger partial charge < -0.3 is 5.32 Å². The highest BCUT2D eigenvalue weighted by Gasteiger charge is 2.41. The van der Waals surface area contributed by atoms with Crippen LogP contribution in [0.4, 0.5) is 5.82 Å². The number of hydrogen-bond donors (Lipinski definition) is 2. The molecule has 1 aliphatic heterocycles. The molecule has 21 heavy (non-hydrogen) atoms. The van der Waals surface area contributed by atoms with Gasteiger partial charge in [-0.15, -0.1) is 0 Å². The first kappa shape index (κ1) is 15.7. The average molecular weight is 311 g/mol. The summed E-state index contributed by atoms with van der Waals surface area (Å²) in [5.74, 6) is 0.110. The van der Waals surface area contributed by atoms with Crippen LogP contribution in [0.5, 0.6) is 0 Å². The van der Waals surface area contributed by atoms with Gasteiger partial charge in [0.2, 0.25) is 11.8 Å². The first-order chi connectivity index (χ1) is 9.84. The van der Waals surface area contributed by atoms with Crippen molar-refractivity contribution in [3.8, 4) is 0 Å². The molecule has 0 saturated carbocycles. The number of anilines is 1. The number of hydrogen-bond acceptors (Lipinski definition) is 5. The summed E-state index contributed by atoms with van der Waals surface area (Å²) in [6.45, 7) is 6.76. The van der Waals surface area contributed by atoms with Crippen LogP contribution in [0.15, 0.2) is 12.1 Å². The van der Waals surface area contributed by atoms with E-state index in [2.05, 4.69) is 15.6 Å². The summed E-state index contributed by atoms with van der Waals surface area (Å²) in [6, 6.07) is 3.56. The highest BCUT2D eigenvalue weighted by Crippen LogP contribution is 2.24. The van der Waals surface area contributed by atoms with Crippen LogP contribution in [-0.4, -0.2) is 40.3 Å². The molecular formula is C14H19ClN4O2. The van der Waals surface area contributed by atoms with Crippen LogP contribution < -0.4 is 10.6 Å². The van der Waals surface area contributed by atoms with Crippen LogP contribution in [0.1, 0.15) is 26.5 Å². The fourth-order valence-corrected chi connectivity index (χ4v) is 2.31. The topological polar surface area (TPSA) is 74.3 Å². The number of amides is 2. The number of piperazine rings is 1. The number of aromatic nitrogens is 1. The van der Waals surface area contributed by atoms with Crippen LogP contribution in [0, 0.1) is 0 Å². The van der Waals surface area contributed by atoms with E-state index in [1.54, 1.807) is 30.9 Å². The Morgan fingerprint density at radius 1 is 1.43 bits per heavy atom. The minimum atomic E-state index is -0.785. The van der Waals surface area contributed by atoms with E-state index in [9.17, 15) is 9.59 Å². The lowest BCUT2D eigenvalue weighted by Crippen LogP contribution is -2.63. The van der Waals surface area contributed by atoms with E-state index in [0.29, 0.717) is 17.3 Å². The van der Waals surface area contributed by atoms with Gasteiger partial charge in [-0.05, 0) is 32.9 Å². The van der Waals surface area contributed by atoms with Gasteiger partial charge in [0.05, 0.1) is 22.8 Å². The largest absolute Gasteiger partial charge is 0.370 e. The Morgan fingerprint density at radius 3 is 2.81 bits per heavy atom. The van der Waals surface area contributed by atoms with Crippen molar-refractivity contribution in [1.82, 2.24) is 15.2 Å². The second kappa shape index (κ2) is 5.99. The van der Waals surface area contributed by atoms with E-state index in [4.69, 9.17) is 11.6 Å². The number of halogens is 1. The zero-order valence-electron chi connectivity index (χ0n) is 12.4. The fraction of sp³-hybridized carbons (Fsp3) is 0.500. The highest BCUT2D eigenvalue weighted by atomic mass is 35.5. The summed E-state index contributed by atoms with van der Waals surface area (Å²) >= 11 is 6.18.